The number of likely N-dealkylation sites (tertiary alicyclic amines) is 1. The lowest BCUT2D eigenvalue weighted by Crippen LogP contribution is -2.43. The largest absolute Gasteiger partial charge is 0.477 e. The number of fused-ring (bicyclic) bond motifs is 1. The van der Waals surface area contributed by atoms with Crippen LogP contribution in [0.2, 0.25) is 0 Å². The Morgan fingerprint density at radius 2 is 2.15 bits per heavy atom. The monoisotopic (exact) mass is 342 g/mol. The van der Waals surface area contributed by atoms with Gasteiger partial charge in [-0.25, -0.2) is 4.68 Å². The number of carbonyl (C=O) groups excluding carboxylic acids is 1. The van der Waals surface area contributed by atoms with Crippen molar-refractivity contribution in [2.45, 2.75) is 31.8 Å². The SMILES string of the molecule is CN1CCC(NC(=O)c2nn3c(c2Br)OCCC3)CC1. The van der Waals surface area contributed by atoms with Crippen LogP contribution in [0.1, 0.15) is 29.8 Å². The molecule has 1 saturated heterocycles. The Labute approximate surface area is 126 Å². The minimum Gasteiger partial charge on any atom is -0.477 e. The van der Waals surface area contributed by atoms with Gasteiger partial charge in [0.25, 0.3) is 5.91 Å². The first-order valence-corrected chi connectivity index (χ1v) is 7.83. The van der Waals surface area contributed by atoms with Gasteiger partial charge in [-0.2, -0.15) is 5.10 Å². The predicted molar refractivity (Wildman–Crippen MR) is 78.0 cm³/mol. The predicted octanol–water partition coefficient (Wildman–Crippen LogP) is 1.25. The molecule has 20 heavy (non-hydrogen) atoms. The maximum Gasteiger partial charge on any atom is 0.273 e. The van der Waals surface area contributed by atoms with E-state index >= 15 is 0 Å². The maximum absolute atomic E-state index is 12.3. The standard InChI is InChI=1S/C13H19BrN4O2/c1-17-6-3-9(4-7-17)15-12(19)11-10(14)13-18(16-11)5-2-8-20-13/h9H,2-8H2,1H3,(H,15,19). The molecule has 0 unspecified atom stereocenters. The van der Waals surface area contributed by atoms with E-state index < -0.39 is 0 Å². The van der Waals surface area contributed by atoms with Crippen LogP contribution < -0.4 is 10.1 Å². The quantitative estimate of drug-likeness (QED) is 0.878. The number of nitrogens with one attached hydrogen (secondary N) is 1. The highest BCUT2D eigenvalue weighted by atomic mass is 79.9. The molecule has 0 saturated carbocycles. The Hall–Kier alpha value is -1.08. The van der Waals surface area contributed by atoms with E-state index in [1.807, 2.05) is 0 Å². The molecular formula is C13H19BrN4O2. The van der Waals surface area contributed by atoms with Crippen molar-refractivity contribution in [2.75, 3.05) is 26.7 Å². The molecule has 0 atom stereocenters. The third kappa shape index (κ3) is 2.69. The molecular weight excluding hydrogens is 324 g/mol. The Morgan fingerprint density at radius 3 is 2.85 bits per heavy atom. The fourth-order valence-electron chi connectivity index (χ4n) is 2.65. The van der Waals surface area contributed by atoms with Crippen LogP contribution in [0, 0.1) is 0 Å². The lowest BCUT2D eigenvalue weighted by Gasteiger charge is -2.29. The summed E-state index contributed by atoms with van der Waals surface area (Å²) in [5, 5.41) is 7.43. The summed E-state index contributed by atoms with van der Waals surface area (Å²) in [6.45, 7) is 3.53. The highest BCUT2D eigenvalue weighted by Gasteiger charge is 2.26. The fourth-order valence-corrected chi connectivity index (χ4v) is 3.23. The number of halogens is 1. The summed E-state index contributed by atoms with van der Waals surface area (Å²) in [4.78, 5) is 14.6. The third-order valence-corrected chi connectivity index (χ3v) is 4.59. The molecule has 6 nitrogen and oxygen atoms in total. The fraction of sp³-hybridized carbons (Fsp3) is 0.692. The van der Waals surface area contributed by atoms with Gasteiger partial charge in [-0.1, -0.05) is 0 Å². The van der Waals surface area contributed by atoms with Gasteiger partial charge in [0.2, 0.25) is 5.88 Å². The Morgan fingerprint density at radius 1 is 1.40 bits per heavy atom. The average molecular weight is 343 g/mol. The molecule has 0 radical (unpaired) electrons. The van der Waals surface area contributed by atoms with Crippen molar-refractivity contribution in [3.05, 3.63) is 10.2 Å². The molecule has 0 aromatic carbocycles. The number of piperidine rings is 1. The van der Waals surface area contributed by atoms with Crippen LogP contribution in [0.3, 0.4) is 0 Å². The Bertz CT molecular complexity index is 509. The van der Waals surface area contributed by atoms with Crippen LogP contribution in [0.15, 0.2) is 4.47 Å². The third-order valence-electron chi connectivity index (χ3n) is 3.87. The number of aromatic nitrogens is 2. The molecule has 1 fully saturated rings. The lowest BCUT2D eigenvalue weighted by molar-refractivity contribution is 0.0910. The molecule has 1 N–H and O–H groups in total. The summed E-state index contributed by atoms with van der Waals surface area (Å²) in [6.07, 6.45) is 2.91. The molecule has 3 heterocycles. The minimum absolute atomic E-state index is 0.114. The smallest absolute Gasteiger partial charge is 0.273 e. The van der Waals surface area contributed by atoms with Gasteiger partial charge in [-0.15, -0.1) is 0 Å². The van der Waals surface area contributed by atoms with Crippen molar-refractivity contribution in [1.82, 2.24) is 20.0 Å². The van der Waals surface area contributed by atoms with Gasteiger partial charge in [-0.3, -0.25) is 4.79 Å². The van der Waals surface area contributed by atoms with Crippen molar-refractivity contribution >= 4 is 21.8 Å². The number of hydrogen-bond acceptors (Lipinski definition) is 4. The van der Waals surface area contributed by atoms with Crippen molar-refractivity contribution in [3.8, 4) is 5.88 Å². The van der Waals surface area contributed by atoms with Crippen LogP contribution in [-0.4, -0.2) is 53.4 Å². The molecule has 2 aliphatic heterocycles. The summed E-state index contributed by atoms with van der Waals surface area (Å²) in [6, 6.07) is 0.241. The van der Waals surface area contributed by atoms with Crippen LogP contribution in [0.5, 0.6) is 5.88 Å². The zero-order valence-corrected chi connectivity index (χ0v) is 13.1. The number of rotatable bonds is 2. The molecule has 0 bridgehead atoms. The second-order valence-electron chi connectivity index (χ2n) is 5.44. The number of hydrogen-bond donors (Lipinski definition) is 1. The van der Waals surface area contributed by atoms with E-state index in [0.29, 0.717) is 22.7 Å². The van der Waals surface area contributed by atoms with Gasteiger partial charge in [0, 0.05) is 19.0 Å². The van der Waals surface area contributed by atoms with Crippen LogP contribution in [0.25, 0.3) is 0 Å². The number of amides is 1. The van der Waals surface area contributed by atoms with E-state index in [4.69, 9.17) is 4.74 Å². The van der Waals surface area contributed by atoms with Gasteiger partial charge >= 0.3 is 0 Å². The second-order valence-corrected chi connectivity index (χ2v) is 6.24. The zero-order valence-electron chi connectivity index (χ0n) is 11.6. The van der Waals surface area contributed by atoms with Gasteiger partial charge in [0.05, 0.1) is 6.61 Å². The van der Waals surface area contributed by atoms with Crippen molar-refractivity contribution in [1.29, 1.82) is 0 Å². The molecule has 1 aromatic rings. The first-order valence-electron chi connectivity index (χ1n) is 7.03. The average Bonchev–Trinajstić information content (AvgIpc) is 2.79. The summed E-state index contributed by atoms with van der Waals surface area (Å²) >= 11 is 3.43. The Kier molecular flexibility index (Phi) is 3.98. The molecule has 0 aliphatic carbocycles. The van der Waals surface area contributed by atoms with Crippen LogP contribution in [-0.2, 0) is 6.54 Å². The summed E-state index contributed by atoms with van der Waals surface area (Å²) in [7, 11) is 2.11. The van der Waals surface area contributed by atoms with Crippen molar-refractivity contribution in [2.24, 2.45) is 0 Å². The van der Waals surface area contributed by atoms with Crippen molar-refractivity contribution in [3.63, 3.8) is 0 Å². The Balaban J connectivity index is 1.69. The molecule has 0 spiro atoms. The summed E-state index contributed by atoms with van der Waals surface area (Å²) in [5.74, 6) is 0.557. The van der Waals surface area contributed by atoms with Gasteiger partial charge < -0.3 is 15.0 Å². The molecule has 1 aromatic heterocycles. The van der Waals surface area contributed by atoms with E-state index in [9.17, 15) is 4.79 Å². The molecule has 3 rings (SSSR count). The minimum atomic E-state index is -0.114. The van der Waals surface area contributed by atoms with E-state index in [2.05, 4.69) is 38.3 Å². The normalized spacial score (nSPS) is 20.3. The van der Waals surface area contributed by atoms with E-state index in [1.165, 1.54) is 0 Å². The van der Waals surface area contributed by atoms with Gasteiger partial charge in [0.15, 0.2) is 5.69 Å². The molecule has 1 amide bonds. The van der Waals surface area contributed by atoms with E-state index in [0.717, 1.165) is 38.9 Å². The van der Waals surface area contributed by atoms with Crippen molar-refractivity contribution < 1.29 is 9.53 Å². The summed E-state index contributed by atoms with van der Waals surface area (Å²) < 4.78 is 7.99. The zero-order chi connectivity index (χ0) is 14.1. The van der Waals surface area contributed by atoms with Crippen LogP contribution >= 0.6 is 15.9 Å². The maximum atomic E-state index is 12.3. The highest BCUT2D eigenvalue weighted by molar-refractivity contribution is 9.10. The first-order chi connectivity index (χ1) is 9.65. The van der Waals surface area contributed by atoms with Crippen LogP contribution in [0.4, 0.5) is 0 Å². The number of carbonyl (C=O) groups is 1. The first kappa shape index (κ1) is 13.9. The molecule has 110 valence electrons. The van der Waals surface area contributed by atoms with Gasteiger partial charge in [0.1, 0.15) is 4.47 Å². The van der Waals surface area contributed by atoms with E-state index in [-0.39, 0.29) is 11.9 Å². The number of nitrogens with zero attached hydrogens (tertiary/aromatic N) is 3. The molecule has 2 aliphatic rings. The summed E-state index contributed by atoms with van der Waals surface area (Å²) in [5.41, 5.74) is 0.431. The lowest BCUT2D eigenvalue weighted by atomic mass is 10.1. The topological polar surface area (TPSA) is 59.4 Å². The van der Waals surface area contributed by atoms with E-state index in [1.54, 1.807) is 4.68 Å². The number of ether oxygens (including phenoxy) is 1. The molecule has 7 heteroatoms. The number of aryl methyl sites for hydroxylation is 1. The highest BCUT2D eigenvalue weighted by Crippen LogP contribution is 2.31. The second kappa shape index (κ2) is 5.73. The van der Waals surface area contributed by atoms with Gasteiger partial charge in [-0.05, 0) is 48.9 Å².